The molecule has 0 atom stereocenters. The first-order valence-electron chi connectivity index (χ1n) is 7.74. The van der Waals surface area contributed by atoms with Crippen LogP contribution in [0.4, 0.5) is 23.0 Å². The van der Waals surface area contributed by atoms with E-state index in [9.17, 15) is 0 Å². The van der Waals surface area contributed by atoms with E-state index in [0.717, 1.165) is 33.9 Å². The number of pyridine rings is 2. The number of aromatic nitrogens is 2. The summed E-state index contributed by atoms with van der Waals surface area (Å²) in [4.78, 5) is 11.3. The molecule has 2 aromatic carbocycles. The Morgan fingerprint density at radius 2 is 1.50 bits per heavy atom. The number of rotatable bonds is 3. The molecule has 4 rings (SSSR count). The van der Waals surface area contributed by atoms with Crippen LogP contribution in [0.1, 0.15) is 0 Å². The Hall–Kier alpha value is -3.40. The van der Waals surface area contributed by atoms with Crippen LogP contribution < -0.4 is 10.6 Å². The first kappa shape index (κ1) is 14.2. The first-order valence-corrected chi connectivity index (χ1v) is 7.74. The van der Waals surface area contributed by atoms with E-state index in [1.807, 2.05) is 71.6 Å². The summed E-state index contributed by atoms with van der Waals surface area (Å²) in [6, 6.07) is 25.7. The Morgan fingerprint density at radius 3 is 2.29 bits per heavy atom. The van der Waals surface area contributed by atoms with Crippen LogP contribution in [-0.4, -0.2) is 9.97 Å². The lowest BCUT2D eigenvalue weighted by atomic mass is 10.2. The lowest BCUT2D eigenvalue weighted by Crippen LogP contribution is -2.12. The molecule has 0 fully saturated rings. The van der Waals surface area contributed by atoms with Crippen LogP contribution in [0, 0.1) is 0 Å². The average molecular weight is 312 g/mol. The molecule has 2 aromatic heterocycles. The Labute approximate surface area is 140 Å². The van der Waals surface area contributed by atoms with Crippen molar-refractivity contribution < 1.29 is 0 Å². The molecule has 0 bridgehead atoms. The van der Waals surface area contributed by atoms with Gasteiger partial charge in [-0.2, -0.15) is 0 Å². The van der Waals surface area contributed by atoms with Crippen LogP contribution in [0.15, 0.2) is 85.1 Å². The number of fused-ring (bicyclic) bond motifs is 1. The zero-order valence-corrected chi connectivity index (χ0v) is 13.0. The summed E-state index contributed by atoms with van der Waals surface area (Å²) in [7, 11) is 0. The molecule has 0 saturated carbocycles. The second-order valence-corrected chi connectivity index (χ2v) is 5.48. The van der Waals surface area contributed by atoms with E-state index >= 15 is 0 Å². The normalized spacial score (nSPS) is 10.7. The van der Waals surface area contributed by atoms with E-state index in [-0.39, 0.29) is 0 Å². The van der Waals surface area contributed by atoms with Gasteiger partial charge in [-0.1, -0.05) is 24.3 Å². The minimum atomic E-state index is 0.728. The molecule has 0 unspecified atom stereocenters. The minimum absolute atomic E-state index is 0.728. The molecule has 0 aliphatic rings. The number of nitrogens with zero attached hydrogens (tertiary/aromatic N) is 3. The zero-order valence-electron chi connectivity index (χ0n) is 13.0. The smallest absolute Gasteiger partial charge is 0.139 e. The van der Waals surface area contributed by atoms with Gasteiger partial charge in [0.15, 0.2) is 0 Å². The molecular formula is C20H16N4. The minimum Gasteiger partial charge on any atom is -0.399 e. The van der Waals surface area contributed by atoms with Gasteiger partial charge in [-0.25, -0.2) is 9.97 Å². The molecule has 0 aliphatic heterocycles. The molecule has 4 aromatic rings. The van der Waals surface area contributed by atoms with E-state index in [1.54, 1.807) is 6.20 Å². The maximum absolute atomic E-state index is 5.83. The van der Waals surface area contributed by atoms with Gasteiger partial charge in [-0.05, 0) is 54.6 Å². The van der Waals surface area contributed by atoms with E-state index in [4.69, 9.17) is 10.7 Å². The second kappa shape index (κ2) is 6.01. The van der Waals surface area contributed by atoms with Crippen molar-refractivity contribution in [2.75, 3.05) is 10.6 Å². The third-order valence-corrected chi connectivity index (χ3v) is 3.84. The Morgan fingerprint density at radius 1 is 0.708 bits per heavy atom. The molecular weight excluding hydrogens is 296 g/mol. The monoisotopic (exact) mass is 312 g/mol. The molecule has 116 valence electrons. The summed E-state index contributed by atoms with van der Waals surface area (Å²) in [5.74, 6) is 1.63. The highest BCUT2D eigenvalue weighted by Crippen LogP contribution is 2.32. The van der Waals surface area contributed by atoms with Gasteiger partial charge >= 0.3 is 0 Å². The standard InChI is InChI=1S/C20H16N4/c21-16-9-11-17(12-10-16)24(19-7-3-4-14-22-19)20-13-8-15-5-1-2-6-18(15)23-20/h1-14H,21H2. The number of hydrogen-bond donors (Lipinski definition) is 1. The van der Waals surface area contributed by atoms with Gasteiger partial charge in [0.2, 0.25) is 0 Å². The fourth-order valence-corrected chi connectivity index (χ4v) is 2.67. The molecule has 4 heteroatoms. The van der Waals surface area contributed by atoms with Crippen LogP contribution in [0.2, 0.25) is 0 Å². The number of nitrogens with two attached hydrogens (primary N) is 1. The summed E-state index contributed by atoms with van der Waals surface area (Å²) in [6.45, 7) is 0. The zero-order chi connectivity index (χ0) is 16.4. The topological polar surface area (TPSA) is 55.0 Å². The number of para-hydroxylation sites is 1. The summed E-state index contributed by atoms with van der Waals surface area (Å²) >= 11 is 0. The highest BCUT2D eigenvalue weighted by atomic mass is 15.2. The van der Waals surface area contributed by atoms with Crippen molar-refractivity contribution in [3.63, 3.8) is 0 Å². The third kappa shape index (κ3) is 2.65. The summed E-state index contributed by atoms with van der Waals surface area (Å²) < 4.78 is 0. The number of hydrogen-bond acceptors (Lipinski definition) is 4. The molecule has 0 radical (unpaired) electrons. The van der Waals surface area contributed by atoms with Crippen molar-refractivity contribution in [3.05, 3.63) is 85.1 Å². The first-order chi connectivity index (χ1) is 11.8. The predicted molar refractivity (Wildman–Crippen MR) is 98.6 cm³/mol. The average Bonchev–Trinajstić information content (AvgIpc) is 2.64. The van der Waals surface area contributed by atoms with Crippen LogP contribution in [-0.2, 0) is 0 Å². The number of anilines is 4. The van der Waals surface area contributed by atoms with E-state index in [1.165, 1.54) is 0 Å². The van der Waals surface area contributed by atoms with Crippen molar-refractivity contribution in [2.45, 2.75) is 0 Å². The van der Waals surface area contributed by atoms with Crippen molar-refractivity contribution in [1.29, 1.82) is 0 Å². The van der Waals surface area contributed by atoms with Gasteiger partial charge in [-0.3, -0.25) is 4.90 Å². The van der Waals surface area contributed by atoms with Crippen molar-refractivity contribution in [3.8, 4) is 0 Å². The van der Waals surface area contributed by atoms with Crippen molar-refractivity contribution in [2.24, 2.45) is 0 Å². The van der Waals surface area contributed by atoms with E-state index in [0.29, 0.717) is 0 Å². The van der Waals surface area contributed by atoms with Crippen LogP contribution in [0.25, 0.3) is 10.9 Å². The fraction of sp³-hybridized carbons (Fsp3) is 0. The van der Waals surface area contributed by atoms with Crippen LogP contribution in [0.3, 0.4) is 0 Å². The molecule has 4 nitrogen and oxygen atoms in total. The lowest BCUT2D eigenvalue weighted by Gasteiger charge is -2.23. The van der Waals surface area contributed by atoms with E-state index in [2.05, 4.69) is 17.1 Å². The summed E-state index contributed by atoms with van der Waals surface area (Å²) in [6.07, 6.45) is 1.78. The quantitative estimate of drug-likeness (QED) is 0.558. The molecule has 2 N–H and O–H groups in total. The number of benzene rings is 2. The Bertz CT molecular complexity index is 965. The SMILES string of the molecule is Nc1ccc(N(c2ccccn2)c2ccc3ccccc3n2)cc1. The van der Waals surface area contributed by atoms with Gasteiger partial charge in [0.1, 0.15) is 11.6 Å². The molecule has 24 heavy (non-hydrogen) atoms. The summed E-state index contributed by atoms with van der Waals surface area (Å²) in [5.41, 5.74) is 8.47. The van der Waals surface area contributed by atoms with E-state index < -0.39 is 0 Å². The fourth-order valence-electron chi connectivity index (χ4n) is 2.67. The predicted octanol–water partition coefficient (Wildman–Crippen LogP) is 4.68. The Kier molecular flexibility index (Phi) is 3.56. The maximum atomic E-state index is 5.83. The van der Waals surface area contributed by atoms with Crippen molar-refractivity contribution >= 4 is 33.9 Å². The molecule has 0 amide bonds. The lowest BCUT2D eigenvalue weighted by molar-refractivity contribution is 1.14. The number of nitrogen functional groups attached to an aromatic ring is 1. The van der Waals surface area contributed by atoms with Crippen molar-refractivity contribution in [1.82, 2.24) is 9.97 Å². The van der Waals surface area contributed by atoms with Gasteiger partial charge in [-0.15, -0.1) is 0 Å². The van der Waals surface area contributed by atoms with Gasteiger partial charge in [0.25, 0.3) is 0 Å². The highest BCUT2D eigenvalue weighted by molar-refractivity contribution is 5.83. The van der Waals surface area contributed by atoms with Gasteiger partial charge in [0, 0.05) is 23.0 Å². The van der Waals surface area contributed by atoms with Crippen LogP contribution >= 0.6 is 0 Å². The molecule has 0 saturated heterocycles. The summed E-state index contributed by atoms with van der Waals surface area (Å²) in [5, 5.41) is 1.11. The largest absolute Gasteiger partial charge is 0.399 e. The molecule has 0 spiro atoms. The van der Waals surface area contributed by atoms with Gasteiger partial charge in [0.05, 0.1) is 5.52 Å². The molecule has 2 heterocycles. The third-order valence-electron chi connectivity index (χ3n) is 3.84. The second-order valence-electron chi connectivity index (χ2n) is 5.48. The molecule has 0 aliphatic carbocycles. The Balaban J connectivity index is 1.89. The maximum Gasteiger partial charge on any atom is 0.139 e. The van der Waals surface area contributed by atoms with Crippen LogP contribution in [0.5, 0.6) is 0 Å². The highest BCUT2D eigenvalue weighted by Gasteiger charge is 2.14. The van der Waals surface area contributed by atoms with Gasteiger partial charge < -0.3 is 5.73 Å².